The summed E-state index contributed by atoms with van der Waals surface area (Å²) in [5.41, 5.74) is -7.42. The Hall–Kier alpha value is -4.41. The van der Waals surface area contributed by atoms with Gasteiger partial charge in [-0.25, -0.2) is 14.7 Å². The highest BCUT2D eigenvalue weighted by atomic mass is 35.5. The van der Waals surface area contributed by atoms with Crippen molar-refractivity contribution in [2.24, 2.45) is 16.2 Å². The van der Waals surface area contributed by atoms with Crippen molar-refractivity contribution in [1.29, 1.82) is 0 Å². The van der Waals surface area contributed by atoms with E-state index in [9.17, 15) is 53.9 Å². The molecule has 0 aliphatic rings. The number of H-pyrrole nitrogens is 2. The molecule has 58 heavy (non-hydrogen) atoms. The fourth-order valence-corrected chi connectivity index (χ4v) is 2.64. The van der Waals surface area contributed by atoms with Gasteiger partial charge in [0.15, 0.2) is 0 Å². The van der Waals surface area contributed by atoms with Gasteiger partial charge >= 0.3 is 30.7 Å². The van der Waals surface area contributed by atoms with Crippen LogP contribution in [-0.2, 0) is 9.47 Å². The zero-order valence-corrected chi connectivity index (χ0v) is 34.8. The van der Waals surface area contributed by atoms with Crippen molar-refractivity contribution in [3.63, 3.8) is 0 Å². The van der Waals surface area contributed by atoms with Gasteiger partial charge in [-0.05, 0) is 83.1 Å². The van der Waals surface area contributed by atoms with E-state index in [0.29, 0.717) is 0 Å². The first-order valence-corrected chi connectivity index (χ1v) is 16.7. The van der Waals surface area contributed by atoms with Crippen LogP contribution in [0.4, 0.5) is 49.1 Å². The van der Waals surface area contributed by atoms with Crippen LogP contribution < -0.4 is 15.0 Å². The predicted molar refractivity (Wildman–Crippen MR) is 194 cm³/mol. The fraction of sp³-hybridized carbons (Fsp3) is 0.676. The van der Waals surface area contributed by atoms with Crippen LogP contribution >= 0.6 is 12.4 Å². The number of rotatable bonds is 7. The molecular formula is C34H52ClF9N6O8. The summed E-state index contributed by atoms with van der Waals surface area (Å²) in [5.74, 6) is 0.167. The molecule has 0 radical (unpaired) electrons. The zero-order valence-electron chi connectivity index (χ0n) is 34.0. The van der Waals surface area contributed by atoms with Crippen molar-refractivity contribution in [2.45, 2.75) is 113 Å². The Morgan fingerprint density at radius 2 is 1.12 bits per heavy atom. The molecule has 0 unspecified atom stereocenters. The highest BCUT2D eigenvalue weighted by molar-refractivity contribution is 5.85. The van der Waals surface area contributed by atoms with E-state index in [0.717, 1.165) is 50.9 Å². The number of aliphatic hydroxyl groups is 1. The Balaban J connectivity index is 0. The smallest absolute Gasteiger partial charge is 0.435 e. The lowest BCUT2D eigenvalue weighted by molar-refractivity contribution is -0.222. The number of aromatic amines is 2. The Bertz CT molecular complexity index is 1720. The number of hydrogen-bond acceptors (Lipinski definition) is 10. The predicted octanol–water partition coefficient (Wildman–Crippen LogP) is 8.96. The molecule has 0 bridgehead atoms. The highest BCUT2D eigenvalue weighted by Gasteiger charge is 2.49. The molecule has 0 saturated heterocycles. The second-order valence-corrected chi connectivity index (χ2v) is 16.0. The van der Waals surface area contributed by atoms with Crippen LogP contribution in [0.1, 0.15) is 83.1 Å². The number of nitrogens with zero attached hydrogens (tertiary/aromatic N) is 4. The minimum atomic E-state index is -4.39. The maximum atomic E-state index is 12.7. The lowest BCUT2D eigenvalue weighted by atomic mass is 9.94. The zero-order chi connectivity index (χ0) is 45.1. The molecule has 3 heterocycles. The number of halogens is 10. The third-order valence-electron chi connectivity index (χ3n) is 6.68. The summed E-state index contributed by atoms with van der Waals surface area (Å²) in [6.45, 7) is 14.6. The summed E-state index contributed by atoms with van der Waals surface area (Å²) in [5, 5.41) is 20.2. The van der Waals surface area contributed by atoms with Crippen molar-refractivity contribution in [3.8, 4) is 11.8 Å². The summed E-state index contributed by atoms with van der Waals surface area (Å²) in [6, 6.07) is 4.02. The number of aromatic nitrogens is 6. The van der Waals surface area contributed by atoms with Crippen LogP contribution in [0.5, 0.6) is 11.8 Å². The van der Waals surface area contributed by atoms with Crippen molar-refractivity contribution in [2.75, 3.05) is 19.8 Å². The molecule has 0 aliphatic carbocycles. The van der Waals surface area contributed by atoms with Crippen LogP contribution in [-0.4, -0.2) is 96.6 Å². The summed E-state index contributed by atoms with van der Waals surface area (Å²) >= 11 is 0. The van der Waals surface area contributed by atoms with Gasteiger partial charge in [-0.1, -0.05) is 0 Å². The monoisotopic (exact) mass is 878 g/mol. The molecule has 3 rings (SSSR count). The first-order valence-electron chi connectivity index (χ1n) is 16.7. The van der Waals surface area contributed by atoms with E-state index in [1.807, 2.05) is 0 Å². The number of hydrogen-bond donors (Lipinski definition) is 3. The number of carbonyl (C=O) groups is 2. The minimum Gasteiger partial charge on any atom is -0.477 e. The number of aliphatic hydroxyl groups excluding tert-OH is 1. The largest absolute Gasteiger partial charge is 0.477 e. The Kier molecular flexibility index (Phi) is 20.2. The second kappa shape index (κ2) is 21.0. The third kappa shape index (κ3) is 20.3. The standard InChI is InChI=1S/C13H19F3N2O3.C8H11F3N2O.C8H12N2O3.C5H9F3O.ClH/c1-11(2,3)21-10(19)18-7-6-9(17-18)20-8-12(4,5)13(14,15)16;1-7(2,8(9,10)11)5-14-6-3-4-12-13-6;1-8(2,3)13-7(12)10-5-4-6(11)9-10;1-4(2,3-9)5(6,7)8;/h6-7H,8H2,1-5H3;3-4H,5H2,1-2H3,(H,12,13);4-5H,1-3H3,(H,9,11);9H,3H2,1-2H3;1H. The van der Waals surface area contributed by atoms with Crippen LogP contribution in [0.15, 0.2) is 41.6 Å². The van der Waals surface area contributed by atoms with Gasteiger partial charge in [0.05, 0.1) is 29.0 Å². The van der Waals surface area contributed by atoms with Crippen LogP contribution in [0.3, 0.4) is 0 Å². The lowest BCUT2D eigenvalue weighted by Crippen LogP contribution is -2.37. The molecule has 3 N–H and O–H groups in total. The fourth-order valence-electron chi connectivity index (χ4n) is 2.64. The first-order chi connectivity index (χ1) is 25.3. The molecule has 3 aromatic heterocycles. The van der Waals surface area contributed by atoms with Crippen LogP contribution in [0, 0.1) is 16.2 Å². The molecule has 0 fully saturated rings. The molecule has 336 valence electrons. The molecule has 0 spiro atoms. The number of alkyl halides is 9. The van der Waals surface area contributed by atoms with E-state index in [1.54, 1.807) is 41.5 Å². The molecule has 0 atom stereocenters. The van der Waals surface area contributed by atoms with E-state index in [2.05, 4.69) is 20.4 Å². The van der Waals surface area contributed by atoms with Crippen molar-refractivity contribution in [3.05, 3.63) is 47.1 Å². The van der Waals surface area contributed by atoms with Crippen molar-refractivity contribution >= 4 is 24.6 Å². The van der Waals surface area contributed by atoms with E-state index in [-0.39, 0.29) is 29.7 Å². The normalized spacial score (nSPS) is 12.6. The van der Waals surface area contributed by atoms with Gasteiger partial charge < -0.3 is 24.1 Å². The molecule has 0 aromatic carbocycles. The van der Waals surface area contributed by atoms with Gasteiger partial charge in [0.1, 0.15) is 24.4 Å². The number of ether oxygens (including phenoxy) is 4. The lowest BCUT2D eigenvalue weighted by Gasteiger charge is -2.26. The van der Waals surface area contributed by atoms with Gasteiger partial charge in [0.2, 0.25) is 11.8 Å². The molecule has 0 saturated carbocycles. The molecule has 14 nitrogen and oxygen atoms in total. The van der Waals surface area contributed by atoms with Gasteiger partial charge in [0.25, 0.3) is 5.56 Å². The maximum absolute atomic E-state index is 12.7. The quantitative estimate of drug-likeness (QED) is 0.194. The first kappa shape index (κ1) is 55.7. The van der Waals surface area contributed by atoms with Crippen LogP contribution in [0.25, 0.3) is 0 Å². The summed E-state index contributed by atoms with van der Waals surface area (Å²) in [6.07, 6.45) is -10.3. The van der Waals surface area contributed by atoms with E-state index >= 15 is 0 Å². The van der Waals surface area contributed by atoms with E-state index in [4.69, 9.17) is 24.1 Å². The van der Waals surface area contributed by atoms with E-state index in [1.165, 1.54) is 36.8 Å². The summed E-state index contributed by atoms with van der Waals surface area (Å²) in [7, 11) is 0. The molecule has 0 aliphatic heterocycles. The number of nitrogens with one attached hydrogen (secondary N) is 2. The van der Waals surface area contributed by atoms with Crippen molar-refractivity contribution < 1.29 is 73.2 Å². The topological polar surface area (TPSA) is 176 Å². The van der Waals surface area contributed by atoms with Gasteiger partial charge in [0, 0.05) is 30.6 Å². The molecule has 0 amide bonds. The molecular weight excluding hydrogens is 827 g/mol. The Morgan fingerprint density at radius 3 is 1.47 bits per heavy atom. The summed E-state index contributed by atoms with van der Waals surface area (Å²) in [4.78, 5) is 33.6. The third-order valence-corrected chi connectivity index (χ3v) is 6.68. The minimum absolute atomic E-state index is 0. The van der Waals surface area contributed by atoms with Crippen LogP contribution in [0.2, 0.25) is 0 Å². The molecule has 24 heteroatoms. The van der Waals surface area contributed by atoms with Gasteiger partial charge in [-0.3, -0.25) is 9.89 Å². The van der Waals surface area contributed by atoms with Gasteiger partial charge in [-0.15, -0.1) is 17.5 Å². The average Bonchev–Trinajstić information content (AvgIpc) is 3.79. The summed E-state index contributed by atoms with van der Waals surface area (Å²) < 4.78 is 132. The average molecular weight is 879 g/mol. The van der Waals surface area contributed by atoms with Crippen molar-refractivity contribution in [1.82, 2.24) is 29.8 Å². The second-order valence-electron chi connectivity index (χ2n) is 16.0. The highest BCUT2D eigenvalue weighted by Crippen LogP contribution is 2.39. The Labute approximate surface area is 335 Å². The van der Waals surface area contributed by atoms with Gasteiger partial charge in [-0.2, -0.15) is 54.0 Å². The maximum Gasteiger partial charge on any atom is 0.435 e. The Morgan fingerprint density at radius 1 is 0.672 bits per heavy atom. The molecule has 3 aromatic rings. The van der Waals surface area contributed by atoms with E-state index < -0.39 is 78.0 Å². The number of carbonyl (C=O) groups excluding carboxylic acids is 2. The SMILES string of the molecule is CC(C)(C)OC(=O)n1ccc(=O)[nH]1.CC(C)(C)OC(=O)n1ccc(OCC(C)(C)C(F)(F)F)n1.CC(C)(CO)C(F)(F)F.CC(C)(COc1ccn[nH]1)C(F)(F)F.Cl.